The second-order valence-corrected chi connectivity index (χ2v) is 7.18. The van der Waals surface area contributed by atoms with Crippen molar-refractivity contribution in [1.82, 2.24) is 15.1 Å². The lowest BCUT2D eigenvalue weighted by molar-refractivity contribution is -0.129. The molecular formula is C17H21Cl2N3O2. The van der Waals surface area contributed by atoms with Gasteiger partial charge in [0.1, 0.15) is 0 Å². The predicted molar refractivity (Wildman–Crippen MR) is 94.6 cm³/mol. The molecule has 24 heavy (non-hydrogen) atoms. The molecule has 1 aromatic rings. The maximum Gasteiger partial charge on any atom is 0.253 e. The van der Waals surface area contributed by atoms with Crippen molar-refractivity contribution in [1.29, 1.82) is 0 Å². The lowest BCUT2D eigenvalue weighted by Crippen LogP contribution is -2.41. The Kier molecular flexibility index (Phi) is 5.64. The van der Waals surface area contributed by atoms with Gasteiger partial charge in [0.05, 0.1) is 17.1 Å². The predicted octanol–water partition coefficient (Wildman–Crippen LogP) is 2.42. The highest BCUT2D eigenvalue weighted by Crippen LogP contribution is 2.22. The summed E-state index contributed by atoms with van der Waals surface area (Å²) in [4.78, 5) is 28.8. The van der Waals surface area contributed by atoms with Crippen molar-refractivity contribution >= 4 is 35.0 Å². The van der Waals surface area contributed by atoms with Gasteiger partial charge in [-0.25, -0.2) is 0 Å². The normalized spacial score (nSPS) is 21.2. The Morgan fingerprint density at radius 2 is 1.92 bits per heavy atom. The summed E-state index contributed by atoms with van der Waals surface area (Å²) in [5, 5.41) is 3.40. The first kappa shape index (κ1) is 17.5. The number of rotatable bonds is 4. The Balaban J connectivity index is 1.49. The molecule has 130 valence electrons. The second-order valence-electron chi connectivity index (χ2n) is 6.33. The van der Waals surface area contributed by atoms with E-state index >= 15 is 0 Å². The highest BCUT2D eigenvalue weighted by Gasteiger charge is 2.31. The van der Waals surface area contributed by atoms with Crippen LogP contribution in [-0.2, 0) is 4.79 Å². The van der Waals surface area contributed by atoms with Crippen molar-refractivity contribution in [2.24, 2.45) is 0 Å². The van der Waals surface area contributed by atoms with Gasteiger partial charge in [-0.2, -0.15) is 0 Å². The molecule has 0 aromatic heterocycles. The minimum Gasteiger partial charge on any atom is -0.343 e. The molecule has 2 amide bonds. The molecule has 0 aliphatic carbocycles. The number of nitrogens with zero attached hydrogens (tertiary/aromatic N) is 2. The van der Waals surface area contributed by atoms with Gasteiger partial charge in [-0.1, -0.05) is 23.2 Å². The molecule has 2 heterocycles. The van der Waals surface area contributed by atoms with Gasteiger partial charge in [0.25, 0.3) is 5.91 Å². The number of carbonyl (C=O) groups excluding carboxylic acids is 2. The Bertz CT molecular complexity index is 632. The van der Waals surface area contributed by atoms with E-state index in [-0.39, 0.29) is 23.4 Å². The smallest absolute Gasteiger partial charge is 0.253 e. The maximum atomic E-state index is 12.3. The maximum absolute atomic E-state index is 12.3. The van der Waals surface area contributed by atoms with Crippen LogP contribution < -0.4 is 5.32 Å². The molecule has 5 nitrogen and oxygen atoms in total. The second kappa shape index (κ2) is 7.72. The first-order valence-electron chi connectivity index (χ1n) is 8.29. The van der Waals surface area contributed by atoms with E-state index in [1.54, 1.807) is 12.1 Å². The summed E-state index contributed by atoms with van der Waals surface area (Å²) < 4.78 is 0. The average Bonchev–Trinajstić information content (AvgIpc) is 3.23. The highest BCUT2D eigenvalue weighted by molar-refractivity contribution is 6.36. The van der Waals surface area contributed by atoms with E-state index in [0.29, 0.717) is 16.6 Å². The van der Waals surface area contributed by atoms with Crippen molar-refractivity contribution in [3.63, 3.8) is 0 Å². The number of hydrogen-bond acceptors (Lipinski definition) is 3. The fourth-order valence-electron chi connectivity index (χ4n) is 3.41. The van der Waals surface area contributed by atoms with Crippen LogP contribution >= 0.6 is 23.2 Å². The molecule has 1 unspecified atom stereocenters. The SMILES string of the molecule is O=C(NCC(=O)N1CCC(N2CCCC2)C1)c1ccc(Cl)cc1Cl. The first-order valence-corrected chi connectivity index (χ1v) is 9.05. The van der Waals surface area contributed by atoms with Crippen molar-refractivity contribution < 1.29 is 9.59 Å². The summed E-state index contributed by atoms with van der Waals surface area (Å²) in [6.45, 7) is 3.79. The van der Waals surface area contributed by atoms with Crippen molar-refractivity contribution in [2.75, 3.05) is 32.7 Å². The molecular weight excluding hydrogens is 349 g/mol. The fraction of sp³-hybridized carbons (Fsp3) is 0.529. The van der Waals surface area contributed by atoms with E-state index in [4.69, 9.17) is 23.2 Å². The van der Waals surface area contributed by atoms with E-state index in [1.807, 2.05) is 4.90 Å². The average molecular weight is 370 g/mol. The lowest BCUT2D eigenvalue weighted by atomic mass is 10.2. The third-order valence-electron chi connectivity index (χ3n) is 4.75. The zero-order chi connectivity index (χ0) is 17.1. The third-order valence-corrected chi connectivity index (χ3v) is 5.30. The number of benzene rings is 1. The van der Waals surface area contributed by atoms with Gasteiger partial charge in [-0.3, -0.25) is 14.5 Å². The zero-order valence-corrected chi connectivity index (χ0v) is 14.9. The number of nitrogens with one attached hydrogen (secondary N) is 1. The van der Waals surface area contributed by atoms with Crippen molar-refractivity contribution in [3.05, 3.63) is 33.8 Å². The zero-order valence-electron chi connectivity index (χ0n) is 13.4. The summed E-state index contributed by atoms with van der Waals surface area (Å²) in [5.41, 5.74) is 0.324. The van der Waals surface area contributed by atoms with Crippen LogP contribution in [0.5, 0.6) is 0 Å². The minimum absolute atomic E-state index is 0.00942. The van der Waals surface area contributed by atoms with Gasteiger partial charge >= 0.3 is 0 Å². The number of hydrogen-bond donors (Lipinski definition) is 1. The number of carbonyl (C=O) groups is 2. The van der Waals surface area contributed by atoms with Crippen molar-refractivity contribution in [2.45, 2.75) is 25.3 Å². The van der Waals surface area contributed by atoms with E-state index in [1.165, 1.54) is 18.9 Å². The molecule has 2 saturated heterocycles. The molecule has 1 atom stereocenters. The first-order chi connectivity index (χ1) is 11.5. The quantitative estimate of drug-likeness (QED) is 0.886. The molecule has 1 N–H and O–H groups in total. The molecule has 2 fully saturated rings. The van der Waals surface area contributed by atoms with Crippen LogP contribution in [0.2, 0.25) is 10.0 Å². The van der Waals surface area contributed by atoms with Crippen LogP contribution in [0.25, 0.3) is 0 Å². The molecule has 0 spiro atoms. The Labute approximate surface area is 151 Å². The fourth-order valence-corrected chi connectivity index (χ4v) is 3.90. The summed E-state index contributed by atoms with van der Waals surface area (Å²) in [5.74, 6) is -0.407. The summed E-state index contributed by atoms with van der Waals surface area (Å²) in [7, 11) is 0. The van der Waals surface area contributed by atoms with Crippen LogP contribution in [0, 0.1) is 0 Å². The van der Waals surface area contributed by atoms with E-state index in [2.05, 4.69) is 10.2 Å². The molecule has 1 aromatic carbocycles. The van der Waals surface area contributed by atoms with Crippen LogP contribution in [0.15, 0.2) is 18.2 Å². The van der Waals surface area contributed by atoms with Crippen LogP contribution in [0.1, 0.15) is 29.6 Å². The molecule has 7 heteroatoms. The molecule has 3 rings (SSSR count). The summed E-state index contributed by atoms with van der Waals surface area (Å²) in [6, 6.07) is 5.15. The van der Waals surface area contributed by atoms with Gasteiger partial charge in [-0.15, -0.1) is 0 Å². The number of likely N-dealkylation sites (tertiary alicyclic amines) is 2. The summed E-state index contributed by atoms with van der Waals surface area (Å²) in [6.07, 6.45) is 3.52. The molecule has 2 aliphatic rings. The third kappa shape index (κ3) is 4.02. The number of amides is 2. The lowest BCUT2D eigenvalue weighted by Gasteiger charge is -2.23. The van der Waals surface area contributed by atoms with E-state index in [9.17, 15) is 9.59 Å². The van der Waals surface area contributed by atoms with Gasteiger partial charge in [0, 0.05) is 24.2 Å². The van der Waals surface area contributed by atoms with Gasteiger partial charge < -0.3 is 10.2 Å². The molecule has 0 bridgehead atoms. The van der Waals surface area contributed by atoms with Gasteiger partial charge in [0.2, 0.25) is 5.91 Å². The van der Waals surface area contributed by atoms with Crippen molar-refractivity contribution in [3.8, 4) is 0 Å². The van der Waals surface area contributed by atoms with Crippen LogP contribution in [0.4, 0.5) is 0 Å². The topological polar surface area (TPSA) is 52.7 Å². The minimum atomic E-state index is -0.361. The van der Waals surface area contributed by atoms with Gasteiger partial charge in [0.15, 0.2) is 0 Å². The number of halogens is 2. The standard InChI is InChI=1S/C17H21Cl2N3O2/c18-12-3-4-14(15(19)9-12)17(24)20-10-16(23)22-8-5-13(11-22)21-6-1-2-7-21/h3-4,9,13H,1-2,5-8,10-11H2,(H,20,24). The highest BCUT2D eigenvalue weighted by atomic mass is 35.5. The van der Waals surface area contributed by atoms with E-state index in [0.717, 1.165) is 32.6 Å². The van der Waals surface area contributed by atoms with E-state index < -0.39 is 0 Å². The largest absolute Gasteiger partial charge is 0.343 e. The molecule has 0 radical (unpaired) electrons. The Morgan fingerprint density at radius 1 is 1.17 bits per heavy atom. The molecule has 2 aliphatic heterocycles. The van der Waals surface area contributed by atoms with Crippen LogP contribution in [0.3, 0.4) is 0 Å². The van der Waals surface area contributed by atoms with Crippen LogP contribution in [-0.4, -0.2) is 60.4 Å². The van der Waals surface area contributed by atoms with Gasteiger partial charge in [-0.05, 0) is 50.6 Å². The Morgan fingerprint density at radius 3 is 2.62 bits per heavy atom. The monoisotopic (exact) mass is 369 g/mol. The molecule has 0 saturated carbocycles. The Hall–Kier alpha value is -1.30. The summed E-state index contributed by atoms with van der Waals surface area (Å²) >= 11 is 11.8.